The van der Waals surface area contributed by atoms with Crippen molar-refractivity contribution in [3.63, 3.8) is 0 Å². The number of benzene rings is 1. The first-order valence-electron chi connectivity index (χ1n) is 5.75. The summed E-state index contributed by atoms with van der Waals surface area (Å²) >= 11 is 1.48. The molecule has 0 radical (unpaired) electrons. The third-order valence-electron chi connectivity index (χ3n) is 2.44. The van der Waals surface area contributed by atoms with Gasteiger partial charge in [0.1, 0.15) is 5.01 Å². The molecule has 0 aliphatic heterocycles. The van der Waals surface area contributed by atoms with Gasteiger partial charge in [-0.05, 0) is 32.0 Å². The molecule has 18 heavy (non-hydrogen) atoms. The van der Waals surface area contributed by atoms with Crippen molar-refractivity contribution in [1.29, 1.82) is 0 Å². The molecule has 2 N–H and O–H groups in total. The van der Waals surface area contributed by atoms with Crippen molar-refractivity contribution in [3.8, 4) is 17.0 Å². The van der Waals surface area contributed by atoms with Gasteiger partial charge in [-0.15, -0.1) is 11.3 Å². The van der Waals surface area contributed by atoms with Gasteiger partial charge in [0.25, 0.3) is 0 Å². The first-order chi connectivity index (χ1) is 8.61. The summed E-state index contributed by atoms with van der Waals surface area (Å²) in [5, 5.41) is 2.73. The summed E-state index contributed by atoms with van der Waals surface area (Å²) in [7, 11) is 0. The number of ether oxygens (including phenoxy) is 1. The molecule has 1 aromatic heterocycles. The molecule has 2 aromatic rings. The fraction of sp³-hybridized carbons (Fsp3) is 0.308. The maximum Gasteiger partial charge on any atom is 0.165 e. The van der Waals surface area contributed by atoms with Crippen LogP contribution in [-0.2, 0) is 0 Å². The fourth-order valence-corrected chi connectivity index (χ4v) is 2.35. The molecule has 1 unspecified atom stereocenters. The van der Waals surface area contributed by atoms with Gasteiger partial charge in [0.05, 0.1) is 18.3 Å². The lowest BCUT2D eigenvalue weighted by Gasteiger charge is -2.05. The van der Waals surface area contributed by atoms with E-state index in [9.17, 15) is 4.39 Å². The predicted molar refractivity (Wildman–Crippen MR) is 71.3 cm³/mol. The average Bonchev–Trinajstić information content (AvgIpc) is 2.81. The predicted octanol–water partition coefficient (Wildman–Crippen LogP) is 3.37. The number of nitrogens with two attached hydrogens (primary N) is 1. The summed E-state index contributed by atoms with van der Waals surface area (Å²) in [5.74, 6) is -0.103. The lowest BCUT2D eigenvalue weighted by atomic mass is 10.1. The van der Waals surface area contributed by atoms with Crippen LogP contribution in [0, 0.1) is 5.82 Å². The standard InChI is InChI=1S/C13H15FN2OS/c1-3-17-12-5-4-9(6-10(12)14)11-7-18-13(16-11)8(2)15/h4-8H,3,15H2,1-2H3. The van der Waals surface area contributed by atoms with Gasteiger partial charge in [-0.3, -0.25) is 0 Å². The van der Waals surface area contributed by atoms with E-state index in [4.69, 9.17) is 10.5 Å². The van der Waals surface area contributed by atoms with E-state index < -0.39 is 0 Å². The highest BCUT2D eigenvalue weighted by Gasteiger charge is 2.10. The molecular formula is C13H15FN2OS. The van der Waals surface area contributed by atoms with E-state index in [1.807, 2.05) is 19.2 Å². The third-order valence-corrected chi connectivity index (χ3v) is 3.48. The molecule has 0 aliphatic rings. The van der Waals surface area contributed by atoms with E-state index in [2.05, 4.69) is 4.98 Å². The lowest BCUT2D eigenvalue weighted by Crippen LogP contribution is -2.03. The summed E-state index contributed by atoms with van der Waals surface area (Å²) in [6, 6.07) is 4.76. The van der Waals surface area contributed by atoms with E-state index in [1.165, 1.54) is 17.4 Å². The molecule has 0 spiro atoms. The summed E-state index contributed by atoms with van der Waals surface area (Å²) in [6.45, 7) is 4.14. The molecular weight excluding hydrogens is 251 g/mol. The van der Waals surface area contributed by atoms with Crippen molar-refractivity contribution < 1.29 is 9.13 Å². The zero-order valence-electron chi connectivity index (χ0n) is 10.3. The van der Waals surface area contributed by atoms with Crippen molar-refractivity contribution in [2.45, 2.75) is 19.9 Å². The Balaban J connectivity index is 2.30. The van der Waals surface area contributed by atoms with Gasteiger partial charge >= 0.3 is 0 Å². The Morgan fingerprint density at radius 3 is 2.83 bits per heavy atom. The van der Waals surface area contributed by atoms with Gasteiger partial charge in [-0.2, -0.15) is 0 Å². The zero-order chi connectivity index (χ0) is 13.1. The van der Waals surface area contributed by atoms with Crippen LogP contribution in [0.5, 0.6) is 5.75 Å². The molecule has 0 amide bonds. The number of thiazole rings is 1. The van der Waals surface area contributed by atoms with Crippen LogP contribution in [0.25, 0.3) is 11.3 Å². The fourth-order valence-electron chi connectivity index (χ4n) is 1.56. The molecule has 0 fully saturated rings. The molecule has 0 bridgehead atoms. The second kappa shape index (κ2) is 5.46. The van der Waals surface area contributed by atoms with Crippen LogP contribution in [0.4, 0.5) is 4.39 Å². The van der Waals surface area contributed by atoms with Crippen molar-refractivity contribution in [2.24, 2.45) is 5.73 Å². The van der Waals surface area contributed by atoms with Crippen LogP contribution in [0.2, 0.25) is 0 Å². The van der Waals surface area contributed by atoms with Crippen molar-refractivity contribution in [1.82, 2.24) is 4.98 Å². The van der Waals surface area contributed by atoms with Crippen molar-refractivity contribution >= 4 is 11.3 Å². The van der Waals surface area contributed by atoms with Gasteiger partial charge in [-0.25, -0.2) is 9.37 Å². The highest BCUT2D eigenvalue weighted by atomic mass is 32.1. The number of nitrogens with zero attached hydrogens (tertiary/aromatic N) is 1. The van der Waals surface area contributed by atoms with Crippen LogP contribution in [0.1, 0.15) is 24.9 Å². The highest BCUT2D eigenvalue weighted by Crippen LogP contribution is 2.28. The lowest BCUT2D eigenvalue weighted by molar-refractivity contribution is 0.321. The first-order valence-corrected chi connectivity index (χ1v) is 6.63. The molecule has 5 heteroatoms. The second-order valence-corrected chi connectivity index (χ2v) is 4.83. The Morgan fingerprint density at radius 2 is 2.28 bits per heavy atom. The minimum Gasteiger partial charge on any atom is -0.491 e. The topological polar surface area (TPSA) is 48.1 Å². The van der Waals surface area contributed by atoms with Gasteiger partial charge in [0.2, 0.25) is 0 Å². The Bertz CT molecular complexity index is 540. The van der Waals surface area contributed by atoms with Gasteiger partial charge in [-0.1, -0.05) is 0 Å². The van der Waals surface area contributed by atoms with Crippen LogP contribution in [-0.4, -0.2) is 11.6 Å². The number of aromatic nitrogens is 1. The van der Waals surface area contributed by atoms with Gasteiger partial charge in [0.15, 0.2) is 11.6 Å². The molecule has 3 nitrogen and oxygen atoms in total. The molecule has 0 aliphatic carbocycles. The van der Waals surface area contributed by atoms with Crippen LogP contribution in [0.3, 0.4) is 0 Å². The highest BCUT2D eigenvalue weighted by molar-refractivity contribution is 7.10. The maximum atomic E-state index is 13.7. The Kier molecular flexibility index (Phi) is 3.93. The molecule has 1 aromatic carbocycles. The van der Waals surface area contributed by atoms with Gasteiger partial charge in [0, 0.05) is 10.9 Å². The maximum absolute atomic E-state index is 13.7. The van der Waals surface area contributed by atoms with Crippen LogP contribution < -0.4 is 10.5 Å². The summed E-state index contributed by atoms with van der Waals surface area (Å²) in [5.41, 5.74) is 7.23. The quantitative estimate of drug-likeness (QED) is 0.923. The number of hydrogen-bond donors (Lipinski definition) is 1. The smallest absolute Gasteiger partial charge is 0.165 e. The van der Waals surface area contributed by atoms with Gasteiger partial charge < -0.3 is 10.5 Å². The Hall–Kier alpha value is -1.46. The second-order valence-electron chi connectivity index (χ2n) is 3.94. The van der Waals surface area contributed by atoms with Crippen LogP contribution in [0.15, 0.2) is 23.6 Å². The van der Waals surface area contributed by atoms with Crippen molar-refractivity contribution in [3.05, 3.63) is 34.4 Å². The molecule has 1 atom stereocenters. The van der Waals surface area contributed by atoms with Crippen LogP contribution >= 0.6 is 11.3 Å². The van der Waals surface area contributed by atoms with E-state index in [1.54, 1.807) is 12.1 Å². The Labute approximate surface area is 109 Å². The van der Waals surface area contributed by atoms with Crippen molar-refractivity contribution in [2.75, 3.05) is 6.61 Å². The number of hydrogen-bond acceptors (Lipinski definition) is 4. The minimum atomic E-state index is -0.371. The number of halogens is 1. The molecule has 2 rings (SSSR count). The normalized spacial score (nSPS) is 12.4. The SMILES string of the molecule is CCOc1ccc(-c2csc(C(C)N)n2)cc1F. The zero-order valence-corrected chi connectivity index (χ0v) is 11.1. The molecule has 0 saturated heterocycles. The molecule has 0 saturated carbocycles. The molecule has 96 valence electrons. The first kappa shape index (κ1) is 13.0. The monoisotopic (exact) mass is 266 g/mol. The summed E-state index contributed by atoms with van der Waals surface area (Å²) < 4.78 is 18.9. The summed E-state index contributed by atoms with van der Waals surface area (Å²) in [4.78, 5) is 4.38. The number of rotatable bonds is 4. The molecule has 1 heterocycles. The largest absolute Gasteiger partial charge is 0.491 e. The third kappa shape index (κ3) is 2.68. The van der Waals surface area contributed by atoms with E-state index in [-0.39, 0.29) is 17.6 Å². The average molecular weight is 266 g/mol. The summed E-state index contributed by atoms with van der Waals surface area (Å²) in [6.07, 6.45) is 0. The Morgan fingerprint density at radius 1 is 1.50 bits per heavy atom. The minimum absolute atomic E-state index is 0.101. The van der Waals surface area contributed by atoms with E-state index >= 15 is 0 Å². The van der Waals surface area contributed by atoms with E-state index in [0.717, 1.165) is 16.3 Å². The van der Waals surface area contributed by atoms with E-state index in [0.29, 0.717) is 6.61 Å².